The fraction of sp³-hybridized carbons (Fsp3) is 0.469. The number of benzene rings is 3. The average molecular weight is 595 g/mol. The van der Waals surface area contributed by atoms with Crippen LogP contribution in [0, 0.1) is 0 Å². The molecule has 0 bridgehead atoms. The normalized spacial score (nSPS) is 26.8. The molecule has 2 fully saturated rings. The maximum absolute atomic E-state index is 13.6. The topological polar surface area (TPSA) is 120 Å². The van der Waals surface area contributed by atoms with Crippen LogP contribution < -0.4 is 23.7 Å². The minimum absolute atomic E-state index is 0.0130. The number of fused-ring (bicyclic) bond motifs is 4. The lowest BCUT2D eigenvalue weighted by atomic mass is 9.89. The number of ketones is 1. The van der Waals surface area contributed by atoms with Crippen LogP contribution in [0.25, 0.3) is 21.9 Å². The van der Waals surface area contributed by atoms with Crippen LogP contribution in [0.5, 0.6) is 28.7 Å². The van der Waals surface area contributed by atoms with Gasteiger partial charge in [0, 0.05) is 35.6 Å². The van der Waals surface area contributed by atoms with E-state index in [0.29, 0.717) is 57.9 Å². The fourth-order valence-electron chi connectivity index (χ4n) is 6.60. The second kappa shape index (κ2) is 10.5. The number of rotatable bonds is 7. The predicted octanol–water partition coefficient (Wildman–Crippen LogP) is 4.01. The van der Waals surface area contributed by atoms with E-state index in [0.717, 1.165) is 16.7 Å². The lowest BCUT2D eigenvalue weighted by molar-refractivity contribution is -0.255. The zero-order valence-corrected chi connectivity index (χ0v) is 24.6. The van der Waals surface area contributed by atoms with Crippen molar-refractivity contribution in [3.05, 3.63) is 41.5 Å². The summed E-state index contributed by atoms with van der Waals surface area (Å²) < 4.78 is 53.0. The van der Waals surface area contributed by atoms with Crippen LogP contribution in [-0.4, -0.2) is 82.1 Å². The maximum atomic E-state index is 13.6. The highest BCUT2D eigenvalue weighted by Gasteiger charge is 2.56. The summed E-state index contributed by atoms with van der Waals surface area (Å²) in [5.41, 5.74) is 2.79. The largest absolute Gasteiger partial charge is 0.493 e. The third-order valence-electron chi connectivity index (χ3n) is 8.43. The van der Waals surface area contributed by atoms with Gasteiger partial charge in [-0.3, -0.25) is 4.79 Å². The van der Waals surface area contributed by atoms with Crippen LogP contribution in [0.1, 0.15) is 36.2 Å². The van der Waals surface area contributed by atoms with Gasteiger partial charge >= 0.3 is 0 Å². The van der Waals surface area contributed by atoms with Crippen molar-refractivity contribution in [1.29, 1.82) is 0 Å². The zero-order valence-electron chi connectivity index (χ0n) is 24.6. The first-order valence-corrected chi connectivity index (χ1v) is 14.3. The van der Waals surface area contributed by atoms with Gasteiger partial charge in [-0.2, -0.15) is 0 Å². The minimum atomic E-state index is -1.18. The van der Waals surface area contributed by atoms with Crippen molar-refractivity contribution in [1.82, 2.24) is 0 Å². The van der Waals surface area contributed by atoms with Gasteiger partial charge in [-0.05, 0) is 55.5 Å². The molecule has 0 spiro atoms. The van der Waals surface area contributed by atoms with Crippen molar-refractivity contribution in [2.45, 2.75) is 63.2 Å². The van der Waals surface area contributed by atoms with Gasteiger partial charge in [0.15, 0.2) is 34.6 Å². The quantitative estimate of drug-likeness (QED) is 0.427. The summed E-state index contributed by atoms with van der Waals surface area (Å²) in [6.07, 6.45) is -3.38. The molecule has 2 saturated heterocycles. The van der Waals surface area contributed by atoms with Gasteiger partial charge in [-0.1, -0.05) is 6.07 Å². The second-order valence-electron chi connectivity index (χ2n) is 11.5. The number of aliphatic hydroxyl groups excluding tert-OH is 1. The SMILES string of the molecule is COCC1OC(Oc2c3c(c(-c4ccc5c(c4)OCO5)c4cc(OC)c(OC)cc24)C(=O)CC3)C(O)C2OC(C)(C)OC12. The van der Waals surface area contributed by atoms with Crippen LogP contribution >= 0.6 is 0 Å². The Bertz CT molecular complexity index is 1600. The van der Waals surface area contributed by atoms with E-state index in [4.69, 9.17) is 42.6 Å². The number of aliphatic hydroxyl groups is 1. The van der Waals surface area contributed by atoms with Gasteiger partial charge in [0.05, 0.1) is 20.8 Å². The number of ether oxygens (including phenoxy) is 9. The summed E-state index contributed by atoms with van der Waals surface area (Å²) in [6.45, 7) is 3.92. The summed E-state index contributed by atoms with van der Waals surface area (Å²) in [6, 6.07) is 9.29. The van der Waals surface area contributed by atoms with Crippen molar-refractivity contribution in [3.63, 3.8) is 0 Å². The van der Waals surface area contributed by atoms with E-state index in [-0.39, 0.29) is 19.2 Å². The highest BCUT2D eigenvalue weighted by atomic mass is 16.8. The van der Waals surface area contributed by atoms with Crippen LogP contribution in [0.2, 0.25) is 0 Å². The Morgan fingerprint density at radius 3 is 2.37 bits per heavy atom. The molecule has 3 aromatic carbocycles. The van der Waals surface area contributed by atoms with Crippen LogP contribution in [0.4, 0.5) is 0 Å². The summed E-state index contributed by atoms with van der Waals surface area (Å²) in [5.74, 6) is 1.71. The molecule has 1 N–H and O–H groups in total. The number of carbonyl (C=O) groups excluding carboxylic acids is 1. The van der Waals surface area contributed by atoms with Gasteiger partial charge in [0.2, 0.25) is 13.1 Å². The van der Waals surface area contributed by atoms with Gasteiger partial charge in [0.25, 0.3) is 0 Å². The van der Waals surface area contributed by atoms with Gasteiger partial charge in [-0.25, -0.2) is 0 Å². The van der Waals surface area contributed by atoms with Gasteiger partial charge in [0.1, 0.15) is 30.2 Å². The first kappa shape index (κ1) is 28.2. The molecule has 0 amide bonds. The fourth-order valence-corrected chi connectivity index (χ4v) is 6.60. The number of hydrogen-bond acceptors (Lipinski definition) is 11. The van der Waals surface area contributed by atoms with E-state index >= 15 is 0 Å². The smallest absolute Gasteiger partial charge is 0.231 e. The number of methoxy groups -OCH3 is 3. The van der Waals surface area contributed by atoms with E-state index in [9.17, 15) is 9.90 Å². The van der Waals surface area contributed by atoms with Crippen LogP contribution in [0.15, 0.2) is 30.3 Å². The molecule has 11 heteroatoms. The Balaban J connectivity index is 1.41. The van der Waals surface area contributed by atoms with Crippen LogP contribution in [-0.2, 0) is 25.4 Å². The molecule has 5 atom stereocenters. The first-order chi connectivity index (χ1) is 20.7. The number of carbonyl (C=O) groups is 1. The van der Waals surface area contributed by atoms with Gasteiger partial charge in [-0.15, -0.1) is 0 Å². The highest BCUT2D eigenvalue weighted by Crippen LogP contribution is 2.50. The molecule has 0 aromatic heterocycles. The first-order valence-electron chi connectivity index (χ1n) is 14.3. The molecule has 43 heavy (non-hydrogen) atoms. The van der Waals surface area contributed by atoms with Crippen molar-refractivity contribution in [3.8, 4) is 39.9 Å². The predicted molar refractivity (Wildman–Crippen MR) is 152 cm³/mol. The van der Waals surface area contributed by atoms with E-state index in [1.54, 1.807) is 35.2 Å². The third kappa shape index (κ3) is 4.58. The molecule has 1 aliphatic carbocycles. The van der Waals surface area contributed by atoms with Crippen molar-refractivity contribution in [2.24, 2.45) is 0 Å². The lowest BCUT2D eigenvalue weighted by Gasteiger charge is -2.40. The number of hydrogen-bond donors (Lipinski definition) is 1. The molecule has 0 saturated carbocycles. The van der Waals surface area contributed by atoms with E-state index in [1.165, 1.54) is 0 Å². The summed E-state index contributed by atoms with van der Waals surface area (Å²) in [7, 11) is 4.69. The molecule has 0 radical (unpaired) electrons. The van der Waals surface area contributed by atoms with Crippen molar-refractivity contribution in [2.75, 3.05) is 34.7 Å². The molecule has 11 nitrogen and oxygen atoms in total. The van der Waals surface area contributed by atoms with Crippen molar-refractivity contribution >= 4 is 16.6 Å². The monoisotopic (exact) mass is 594 g/mol. The molecule has 3 aliphatic heterocycles. The van der Waals surface area contributed by atoms with Gasteiger partial charge < -0.3 is 47.7 Å². The van der Waals surface area contributed by atoms with Crippen molar-refractivity contribution < 1.29 is 52.5 Å². The third-order valence-corrected chi connectivity index (χ3v) is 8.43. The van der Waals surface area contributed by atoms with E-state index in [1.807, 2.05) is 30.3 Å². The summed E-state index contributed by atoms with van der Waals surface area (Å²) in [5, 5.41) is 12.8. The van der Waals surface area contributed by atoms with Crippen LogP contribution in [0.3, 0.4) is 0 Å². The Morgan fingerprint density at radius 2 is 1.63 bits per heavy atom. The summed E-state index contributed by atoms with van der Waals surface area (Å²) in [4.78, 5) is 13.6. The van der Waals surface area contributed by atoms with E-state index in [2.05, 4.69) is 0 Å². The Kier molecular flexibility index (Phi) is 6.90. The minimum Gasteiger partial charge on any atom is -0.493 e. The Morgan fingerprint density at radius 1 is 0.907 bits per heavy atom. The molecule has 7 rings (SSSR count). The zero-order chi connectivity index (χ0) is 30.0. The number of Topliss-reactive ketones (excluding diaryl/α,β-unsaturated/α-hetero) is 1. The Hall–Kier alpha value is -3.61. The molecule has 3 aromatic rings. The molecular formula is C32H34O11. The average Bonchev–Trinajstić information content (AvgIpc) is 3.71. The highest BCUT2D eigenvalue weighted by molar-refractivity contribution is 6.16. The standard InChI is InChI=1S/C32H34O11/c1-32(2)42-29-24(13-35-3)40-31(27(34)30(29)43-32)41-28-16-7-8-19(33)26(16)25(15-6-9-20-23(10-15)39-14-38-20)17-11-21(36-4)22(37-5)12-18(17)28/h6,9-12,24,27,29-31,34H,7-8,13-14H2,1-5H3. The molecule has 3 heterocycles. The molecule has 228 valence electrons. The molecular weight excluding hydrogens is 560 g/mol. The molecule has 5 unspecified atom stereocenters. The Labute approximate surface area is 248 Å². The van der Waals surface area contributed by atoms with E-state index < -0.39 is 36.5 Å². The second-order valence-corrected chi connectivity index (χ2v) is 11.5. The summed E-state index contributed by atoms with van der Waals surface area (Å²) >= 11 is 0. The maximum Gasteiger partial charge on any atom is 0.231 e. The molecule has 4 aliphatic rings. The lowest BCUT2D eigenvalue weighted by Crippen LogP contribution is -2.59.